The van der Waals surface area contributed by atoms with Crippen molar-refractivity contribution in [3.8, 4) is 6.07 Å². The minimum atomic E-state index is 0.389. The summed E-state index contributed by atoms with van der Waals surface area (Å²) in [6.07, 6.45) is 0.389. The fourth-order valence-electron chi connectivity index (χ4n) is 1.56. The van der Waals surface area contributed by atoms with E-state index in [4.69, 9.17) is 11.0 Å². The molecule has 0 saturated heterocycles. The van der Waals surface area contributed by atoms with Crippen molar-refractivity contribution in [3.63, 3.8) is 0 Å². The van der Waals surface area contributed by atoms with Crippen LogP contribution in [0.1, 0.15) is 5.56 Å². The van der Waals surface area contributed by atoms with Crippen molar-refractivity contribution in [1.29, 1.82) is 5.26 Å². The fraction of sp³-hybridized carbons (Fsp3) is 0.0714. The summed E-state index contributed by atoms with van der Waals surface area (Å²) in [6, 6.07) is 17.9. The molecule has 84 valence electrons. The van der Waals surface area contributed by atoms with Crippen molar-refractivity contribution in [1.82, 2.24) is 0 Å². The maximum absolute atomic E-state index is 8.80. The first-order valence-electron chi connectivity index (χ1n) is 5.28. The molecule has 2 nitrogen and oxygen atoms in total. The maximum atomic E-state index is 8.80. The van der Waals surface area contributed by atoms with Crippen LogP contribution in [-0.4, -0.2) is 0 Å². The SMILES string of the molecule is N#CCc1cccc(N)c1Sc1ccccc1. The molecule has 0 bridgehead atoms. The van der Waals surface area contributed by atoms with Crippen LogP contribution >= 0.6 is 11.8 Å². The number of nitrogens with two attached hydrogens (primary N) is 1. The summed E-state index contributed by atoms with van der Waals surface area (Å²) in [5, 5.41) is 8.80. The van der Waals surface area contributed by atoms with Crippen molar-refractivity contribution in [2.45, 2.75) is 16.2 Å². The zero-order valence-corrected chi connectivity index (χ0v) is 10.1. The Morgan fingerprint density at radius 2 is 1.82 bits per heavy atom. The molecule has 3 heteroatoms. The topological polar surface area (TPSA) is 49.8 Å². The van der Waals surface area contributed by atoms with Gasteiger partial charge in [-0.05, 0) is 23.8 Å². The van der Waals surface area contributed by atoms with Gasteiger partial charge in [-0.15, -0.1) is 0 Å². The summed E-state index contributed by atoms with van der Waals surface area (Å²) in [6.45, 7) is 0. The van der Waals surface area contributed by atoms with Gasteiger partial charge < -0.3 is 5.73 Å². The number of rotatable bonds is 3. The highest BCUT2D eigenvalue weighted by molar-refractivity contribution is 7.99. The Bertz CT molecular complexity index is 544. The Kier molecular flexibility index (Phi) is 3.69. The van der Waals surface area contributed by atoms with E-state index in [1.54, 1.807) is 11.8 Å². The van der Waals surface area contributed by atoms with Crippen LogP contribution in [0.5, 0.6) is 0 Å². The van der Waals surface area contributed by atoms with Gasteiger partial charge in [-0.3, -0.25) is 0 Å². The lowest BCUT2D eigenvalue weighted by Gasteiger charge is -2.09. The van der Waals surface area contributed by atoms with Crippen LogP contribution < -0.4 is 5.73 Å². The van der Waals surface area contributed by atoms with Crippen molar-refractivity contribution in [2.24, 2.45) is 0 Å². The van der Waals surface area contributed by atoms with E-state index in [2.05, 4.69) is 6.07 Å². The van der Waals surface area contributed by atoms with Gasteiger partial charge in [0.1, 0.15) is 0 Å². The first kappa shape index (κ1) is 11.6. The molecule has 2 rings (SSSR count). The maximum Gasteiger partial charge on any atom is 0.0670 e. The third-order valence-corrected chi connectivity index (χ3v) is 3.57. The van der Waals surface area contributed by atoms with Gasteiger partial charge in [0.15, 0.2) is 0 Å². The molecule has 0 aliphatic heterocycles. The second-order valence-electron chi connectivity index (χ2n) is 3.59. The van der Waals surface area contributed by atoms with Crippen molar-refractivity contribution >= 4 is 17.4 Å². The van der Waals surface area contributed by atoms with Gasteiger partial charge in [0, 0.05) is 15.5 Å². The second-order valence-corrected chi connectivity index (χ2v) is 4.67. The van der Waals surface area contributed by atoms with E-state index in [9.17, 15) is 0 Å². The van der Waals surface area contributed by atoms with E-state index in [0.717, 1.165) is 21.0 Å². The number of benzene rings is 2. The van der Waals surface area contributed by atoms with Gasteiger partial charge in [-0.25, -0.2) is 0 Å². The molecule has 0 heterocycles. The number of hydrogen-bond donors (Lipinski definition) is 1. The molecule has 0 amide bonds. The fourth-order valence-corrected chi connectivity index (χ4v) is 2.55. The van der Waals surface area contributed by atoms with Gasteiger partial charge in [-0.2, -0.15) is 5.26 Å². The number of hydrogen-bond acceptors (Lipinski definition) is 3. The Balaban J connectivity index is 2.35. The second kappa shape index (κ2) is 5.42. The minimum absolute atomic E-state index is 0.389. The summed E-state index contributed by atoms with van der Waals surface area (Å²) in [5.41, 5.74) is 7.68. The van der Waals surface area contributed by atoms with Crippen molar-refractivity contribution < 1.29 is 0 Å². The molecular formula is C14H12N2S. The van der Waals surface area contributed by atoms with E-state index < -0.39 is 0 Å². The normalized spacial score (nSPS) is 9.82. The lowest BCUT2D eigenvalue weighted by molar-refractivity contribution is 1.18. The van der Waals surface area contributed by atoms with Crippen molar-refractivity contribution in [3.05, 3.63) is 54.1 Å². The van der Waals surface area contributed by atoms with E-state index in [1.807, 2.05) is 48.5 Å². The molecule has 0 unspecified atom stereocenters. The molecule has 0 aromatic heterocycles. The van der Waals surface area contributed by atoms with Gasteiger partial charge >= 0.3 is 0 Å². The van der Waals surface area contributed by atoms with Crippen LogP contribution in [0.15, 0.2) is 58.3 Å². The van der Waals surface area contributed by atoms with E-state index >= 15 is 0 Å². The van der Waals surface area contributed by atoms with Gasteiger partial charge in [0.2, 0.25) is 0 Å². The largest absolute Gasteiger partial charge is 0.398 e. The zero-order valence-electron chi connectivity index (χ0n) is 9.26. The van der Waals surface area contributed by atoms with Crippen LogP contribution in [0.25, 0.3) is 0 Å². The van der Waals surface area contributed by atoms with Crippen LogP contribution in [-0.2, 0) is 6.42 Å². The third kappa shape index (κ3) is 2.80. The van der Waals surface area contributed by atoms with Crippen LogP contribution in [0.4, 0.5) is 5.69 Å². The van der Waals surface area contributed by atoms with Crippen molar-refractivity contribution in [2.75, 3.05) is 5.73 Å². The quantitative estimate of drug-likeness (QED) is 0.835. The van der Waals surface area contributed by atoms with Gasteiger partial charge in [-0.1, -0.05) is 42.1 Å². The molecule has 0 saturated carbocycles. The summed E-state index contributed by atoms with van der Waals surface area (Å²) in [7, 11) is 0. The van der Waals surface area contributed by atoms with E-state index in [-0.39, 0.29) is 0 Å². The molecule has 0 aliphatic carbocycles. The molecule has 0 atom stereocenters. The highest BCUT2D eigenvalue weighted by atomic mass is 32.2. The first-order chi connectivity index (χ1) is 8.31. The smallest absolute Gasteiger partial charge is 0.0670 e. The summed E-state index contributed by atoms with van der Waals surface area (Å²) < 4.78 is 0. The standard InChI is InChI=1S/C14H12N2S/c15-10-9-11-5-4-8-13(16)14(11)17-12-6-2-1-3-7-12/h1-8H,9,16H2. The molecular weight excluding hydrogens is 228 g/mol. The highest BCUT2D eigenvalue weighted by Gasteiger charge is 2.07. The molecule has 0 spiro atoms. The first-order valence-corrected chi connectivity index (χ1v) is 6.10. The molecule has 2 aromatic rings. The number of nitrogens with zero attached hydrogens (tertiary/aromatic N) is 1. The molecule has 0 radical (unpaired) electrons. The van der Waals surface area contributed by atoms with Gasteiger partial charge in [0.05, 0.1) is 12.5 Å². The molecule has 2 aromatic carbocycles. The molecule has 0 aliphatic rings. The highest BCUT2D eigenvalue weighted by Crippen LogP contribution is 2.34. The average Bonchev–Trinajstić information content (AvgIpc) is 2.35. The predicted octanol–water partition coefficient (Wildman–Crippen LogP) is 3.49. The van der Waals surface area contributed by atoms with E-state index in [1.165, 1.54) is 0 Å². The van der Waals surface area contributed by atoms with Crippen LogP contribution in [0.3, 0.4) is 0 Å². The Morgan fingerprint density at radius 1 is 1.06 bits per heavy atom. The Morgan fingerprint density at radius 3 is 2.53 bits per heavy atom. The summed E-state index contributed by atoms with van der Waals surface area (Å²) in [4.78, 5) is 2.12. The Labute approximate surface area is 105 Å². The number of anilines is 1. The van der Waals surface area contributed by atoms with E-state index in [0.29, 0.717) is 6.42 Å². The van der Waals surface area contributed by atoms with Crippen LogP contribution in [0.2, 0.25) is 0 Å². The minimum Gasteiger partial charge on any atom is -0.398 e. The molecule has 17 heavy (non-hydrogen) atoms. The average molecular weight is 240 g/mol. The number of nitriles is 1. The lowest BCUT2D eigenvalue weighted by Crippen LogP contribution is -1.93. The van der Waals surface area contributed by atoms with Crippen LogP contribution in [0, 0.1) is 11.3 Å². The third-order valence-electron chi connectivity index (χ3n) is 2.36. The molecule has 2 N–H and O–H groups in total. The Hall–Kier alpha value is -1.92. The molecule has 0 fully saturated rings. The lowest BCUT2D eigenvalue weighted by atomic mass is 10.1. The summed E-state index contributed by atoms with van der Waals surface area (Å²) in [5.74, 6) is 0. The van der Waals surface area contributed by atoms with Gasteiger partial charge in [0.25, 0.3) is 0 Å². The predicted molar refractivity (Wildman–Crippen MR) is 70.7 cm³/mol. The summed E-state index contributed by atoms with van der Waals surface area (Å²) >= 11 is 1.60. The number of nitrogen functional groups attached to an aromatic ring is 1. The monoisotopic (exact) mass is 240 g/mol. The zero-order chi connectivity index (χ0) is 12.1.